The van der Waals surface area contributed by atoms with E-state index < -0.39 is 110 Å². The molecular weight excluding hydrogens is 702 g/mol. The highest BCUT2D eigenvalue weighted by molar-refractivity contribution is 5.69. The number of carbonyl (C=O) groups is 7. The summed E-state index contributed by atoms with van der Waals surface area (Å²) < 4.78 is 56.6. The number of nitrogens with zero attached hydrogens (tertiary/aromatic N) is 1. The molecule has 0 aliphatic carbocycles. The smallest absolute Gasteiger partial charge is 0.339 e. The van der Waals surface area contributed by atoms with Crippen LogP contribution in [0.15, 0.2) is 0 Å². The van der Waals surface area contributed by atoms with Crippen LogP contribution in [0.3, 0.4) is 0 Å². The third kappa shape index (κ3) is 14.0. The minimum absolute atomic E-state index is 0.00720. The number of terminal acetylenes is 1. The van der Waals surface area contributed by atoms with E-state index in [1.54, 1.807) is 0 Å². The minimum atomic E-state index is -1.83. The van der Waals surface area contributed by atoms with Crippen LogP contribution in [-0.4, -0.2) is 148 Å². The number of carbonyl (C=O) groups excluding carboxylic acids is 7. The number of quaternary nitrogens is 1. The van der Waals surface area contributed by atoms with E-state index in [2.05, 4.69) is 10.8 Å². The fourth-order valence-electron chi connectivity index (χ4n) is 5.12. The predicted molar refractivity (Wildman–Crippen MR) is 166 cm³/mol. The van der Waals surface area contributed by atoms with Crippen molar-refractivity contribution < 1.29 is 95.2 Å². The van der Waals surface area contributed by atoms with E-state index >= 15 is 0 Å². The number of esters is 6. The number of hydrogen-bond donors (Lipinski definition) is 0. The zero-order valence-corrected chi connectivity index (χ0v) is 30.4. The standard InChI is InChI=1S/C32H46NO19/c1-11-12-33(9,10)13-14-41-30-27(46-19(5)37)25(44-17(3)35)24(43-16(2)34)23(49-30)15-42-31-28(47-20(6)38)26(45-18(4)36)29(48-21(7)39)32(50-31)52-51-22(8)40/h1,23-32H,12-15H2,2-10H3/q+1/t23-,24-,25+,26-,27-,28-,29-,30-,31+,32-/m1/s1. The lowest BCUT2D eigenvalue weighted by atomic mass is 9.98. The van der Waals surface area contributed by atoms with E-state index in [1.807, 2.05) is 14.1 Å². The van der Waals surface area contributed by atoms with Crippen molar-refractivity contribution in [1.29, 1.82) is 0 Å². The van der Waals surface area contributed by atoms with E-state index in [1.165, 1.54) is 0 Å². The molecule has 20 nitrogen and oxygen atoms in total. The fourth-order valence-corrected chi connectivity index (χ4v) is 5.12. The van der Waals surface area contributed by atoms with Crippen molar-refractivity contribution in [2.75, 3.05) is 40.4 Å². The molecule has 52 heavy (non-hydrogen) atoms. The molecule has 2 aliphatic heterocycles. The maximum absolute atomic E-state index is 12.3. The zero-order valence-electron chi connectivity index (χ0n) is 30.4. The van der Waals surface area contributed by atoms with E-state index in [-0.39, 0.29) is 6.61 Å². The van der Waals surface area contributed by atoms with Crippen LogP contribution in [0.1, 0.15) is 48.5 Å². The van der Waals surface area contributed by atoms with Crippen LogP contribution in [0.4, 0.5) is 0 Å². The Bertz CT molecular complexity index is 1340. The van der Waals surface area contributed by atoms with Crippen LogP contribution in [0.25, 0.3) is 0 Å². The quantitative estimate of drug-likeness (QED) is 0.0471. The van der Waals surface area contributed by atoms with Gasteiger partial charge < -0.3 is 51.9 Å². The summed E-state index contributed by atoms with van der Waals surface area (Å²) in [6, 6.07) is 0. The van der Waals surface area contributed by atoms with Gasteiger partial charge >= 0.3 is 41.8 Å². The average molecular weight is 749 g/mol. The lowest BCUT2D eigenvalue weighted by molar-refractivity contribution is -0.883. The molecule has 2 fully saturated rings. The summed E-state index contributed by atoms with van der Waals surface area (Å²) in [5, 5.41) is 0. The van der Waals surface area contributed by atoms with Crippen molar-refractivity contribution in [3.8, 4) is 12.3 Å². The molecule has 0 unspecified atom stereocenters. The Morgan fingerprint density at radius 2 is 0.962 bits per heavy atom. The molecule has 10 atom stereocenters. The maximum Gasteiger partial charge on any atom is 0.339 e. The number of ether oxygens (including phenoxy) is 10. The predicted octanol–water partition coefficient (Wildman–Crippen LogP) is -0.779. The van der Waals surface area contributed by atoms with Crippen molar-refractivity contribution in [3.05, 3.63) is 0 Å². The van der Waals surface area contributed by atoms with Gasteiger partial charge in [0.25, 0.3) is 0 Å². The molecule has 0 bridgehead atoms. The molecule has 2 rings (SSSR count). The fraction of sp³-hybridized carbons (Fsp3) is 0.719. The van der Waals surface area contributed by atoms with E-state index in [9.17, 15) is 33.6 Å². The lowest BCUT2D eigenvalue weighted by Gasteiger charge is -2.46. The molecule has 292 valence electrons. The van der Waals surface area contributed by atoms with Gasteiger partial charge in [0.15, 0.2) is 42.9 Å². The second kappa shape index (κ2) is 20.0. The van der Waals surface area contributed by atoms with E-state index in [0.29, 0.717) is 17.6 Å². The molecule has 0 amide bonds. The molecule has 2 heterocycles. The topological polar surface area (TPSA) is 230 Å². The van der Waals surface area contributed by atoms with Crippen LogP contribution < -0.4 is 0 Å². The molecule has 20 heteroatoms. The molecule has 0 N–H and O–H groups in total. The highest BCUT2D eigenvalue weighted by Gasteiger charge is 2.56. The Labute approximate surface area is 299 Å². The Morgan fingerprint density at radius 3 is 1.40 bits per heavy atom. The first kappa shape index (κ1) is 43.8. The van der Waals surface area contributed by atoms with Crippen molar-refractivity contribution >= 4 is 41.8 Å². The van der Waals surface area contributed by atoms with Gasteiger partial charge in [-0.25, -0.2) is 4.79 Å². The monoisotopic (exact) mass is 748 g/mol. The summed E-state index contributed by atoms with van der Waals surface area (Å²) >= 11 is 0. The lowest BCUT2D eigenvalue weighted by Crippen LogP contribution is -2.65. The summed E-state index contributed by atoms with van der Waals surface area (Å²) in [5.41, 5.74) is 0. The zero-order chi connectivity index (χ0) is 39.3. The third-order valence-electron chi connectivity index (χ3n) is 7.04. The summed E-state index contributed by atoms with van der Waals surface area (Å²) in [4.78, 5) is 94.4. The van der Waals surface area contributed by atoms with Crippen molar-refractivity contribution in [2.45, 2.75) is 110 Å². The van der Waals surface area contributed by atoms with Crippen LogP contribution >= 0.6 is 0 Å². The second-order valence-corrected chi connectivity index (χ2v) is 12.3. The van der Waals surface area contributed by atoms with Gasteiger partial charge in [-0.3, -0.25) is 33.7 Å². The average Bonchev–Trinajstić information content (AvgIpc) is 2.99. The first-order valence-electron chi connectivity index (χ1n) is 15.9. The highest BCUT2D eigenvalue weighted by Crippen LogP contribution is 2.33. The van der Waals surface area contributed by atoms with Gasteiger partial charge in [0.05, 0.1) is 27.3 Å². The van der Waals surface area contributed by atoms with Crippen LogP contribution in [0.2, 0.25) is 0 Å². The van der Waals surface area contributed by atoms with Gasteiger partial charge in [-0.15, -0.1) is 11.3 Å². The van der Waals surface area contributed by atoms with Gasteiger partial charge in [0, 0.05) is 48.5 Å². The highest BCUT2D eigenvalue weighted by atomic mass is 17.2. The second-order valence-electron chi connectivity index (χ2n) is 12.3. The summed E-state index contributed by atoms with van der Waals surface area (Å²) in [5.74, 6) is -3.63. The summed E-state index contributed by atoms with van der Waals surface area (Å²) in [7, 11) is 3.70. The molecule has 0 aromatic heterocycles. The first-order chi connectivity index (χ1) is 24.2. The first-order valence-corrected chi connectivity index (χ1v) is 15.9. The summed E-state index contributed by atoms with van der Waals surface area (Å²) in [6.45, 7) is 7.34. The van der Waals surface area contributed by atoms with E-state index in [4.69, 9.17) is 58.7 Å². The van der Waals surface area contributed by atoms with Crippen LogP contribution in [0, 0.1) is 12.3 Å². The van der Waals surface area contributed by atoms with Crippen molar-refractivity contribution in [3.63, 3.8) is 0 Å². The Balaban J connectivity index is 2.57. The van der Waals surface area contributed by atoms with Gasteiger partial charge in [-0.05, 0) is 5.92 Å². The Morgan fingerprint density at radius 1 is 0.558 bits per heavy atom. The number of rotatable bonds is 16. The molecule has 2 saturated heterocycles. The minimum Gasteiger partial charge on any atom is -0.456 e. The molecule has 0 spiro atoms. The summed E-state index contributed by atoms with van der Waals surface area (Å²) in [6.07, 6.45) is -10.4. The van der Waals surface area contributed by atoms with Gasteiger partial charge in [-0.1, -0.05) is 0 Å². The van der Waals surface area contributed by atoms with Crippen molar-refractivity contribution in [2.24, 2.45) is 0 Å². The number of hydrogen-bond acceptors (Lipinski definition) is 19. The Hall–Kier alpha value is -4.39. The van der Waals surface area contributed by atoms with Gasteiger partial charge in [0.1, 0.15) is 19.2 Å². The van der Waals surface area contributed by atoms with Crippen LogP contribution in [0.5, 0.6) is 0 Å². The van der Waals surface area contributed by atoms with Crippen molar-refractivity contribution in [1.82, 2.24) is 0 Å². The largest absolute Gasteiger partial charge is 0.456 e. The molecule has 0 saturated carbocycles. The molecular formula is C32H46NO19+. The molecule has 0 radical (unpaired) electrons. The molecule has 0 aromatic carbocycles. The molecule has 2 aliphatic rings. The third-order valence-corrected chi connectivity index (χ3v) is 7.04. The normalized spacial score (nSPS) is 28.6. The van der Waals surface area contributed by atoms with Gasteiger partial charge in [0.2, 0.25) is 12.6 Å². The van der Waals surface area contributed by atoms with E-state index in [0.717, 1.165) is 48.5 Å². The Kier molecular flexibility index (Phi) is 16.8. The van der Waals surface area contributed by atoms with Gasteiger partial charge in [-0.2, -0.15) is 0 Å². The number of likely N-dealkylation sites (N-methyl/N-ethyl adjacent to an activating group) is 1. The molecule has 0 aromatic rings. The van der Waals surface area contributed by atoms with Crippen LogP contribution in [-0.2, 0) is 90.7 Å². The maximum atomic E-state index is 12.3. The SMILES string of the molecule is C#CC[N+](C)(C)CCO[C@@H]1O[C@H](CO[C@H]2O[C@H](OOC(C)=O)[C@H](OC(C)=O)[C@H](OC(C)=O)[C@H]2OC(C)=O)[C@@H](OC(C)=O)[C@H](OC(C)=O)[C@H]1OC(C)=O.